The molecule has 1 aliphatic heterocycles. The van der Waals surface area contributed by atoms with Crippen LogP contribution in [0.5, 0.6) is 0 Å². The van der Waals surface area contributed by atoms with Crippen LogP contribution in [0.2, 0.25) is 0 Å². The van der Waals surface area contributed by atoms with E-state index in [1.165, 1.54) is 4.90 Å². The summed E-state index contributed by atoms with van der Waals surface area (Å²) in [6.07, 6.45) is 3.25. The van der Waals surface area contributed by atoms with E-state index in [-0.39, 0.29) is 11.8 Å². The number of carbonyl (C=O) groups is 2. The standard InChI is InChI=1S/C17H24N2O2/c1-3-14(18-4-2)9-7-11-19-16(20)12-13-8-5-6-10-15(13)17(19)21/h5-6,8,10,14,18H,3-4,7,9,11-12H2,1-2H3. The molecular formula is C17H24N2O2. The fourth-order valence-corrected chi connectivity index (χ4v) is 2.86. The monoisotopic (exact) mass is 288 g/mol. The molecule has 2 amide bonds. The van der Waals surface area contributed by atoms with Gasteiger partial charge in [0, 0.05) is 18.2 Å². The number of amides is 2. The average molecular weight is 288 g/mol. The number of benzene rings is 1. The van der Waals surface area contributed by atoms with Crippen molar-refractivity contribution in [2.75, 3.05) is 13.1 Å². The van der Waals surface area contributed by atoms with Crippen LogP contribution in [-0.2, 0) is 11.2 Å². The molecule has 1 aromatic carbocycles. The molecule has 21 heavy (non-hydrogen) atoms. The molecule has 0 bridgehead atoms. The highest BCUT2D eigenvalue weighted by Crippen LogP contribution is 2.20. The number of imide groups is 1. The maximum Gasteiger partial charge on any atom is 0.260 e. The second-order valence-corrected chi connectivity index (χ2v) is 5.49. The Kier molecular flexibility index (Phi) is 5.51. The van der Waals surface area contributed by atoms with Gasteiger partial charge in [0.1, 0.15) is 0 Å². The largest absolute Gasteiger partial charge is 0.314 e. The summed E-state index contributed by atoms with van der Waals surface area (Å²) in [5, 5.41) is 3.42. The molecule has 0 aliphatic carbocycles. The summed E-state index contributed by atoms with van der Waals surface area (Å²) in [5.41, 5.74) is 1.53. The zero-order chi connectivity index (χ0) is 15.2. The minimum absolute atomic E-state index is 0.0739. The number of fused-ring (bicyclic) bond motifs is 1. The first-order chi connectivity index (χ1) is 10.2. The van der Waals surface area contributed by atoms with Gasteiger partial charge in [-0.05, 0) is 37.4 Å². The van der Waals surface area contributed by atoms with Crippen molar-refractivity contribution in [3.05, 3.63) is 35.4 Å². The van der Waals surface area contributed by atoms with Gasteiger partial charge in [0.25, 0.3) is 5.91 Å². The summed E-state index contributed by atoms with van der Waals surface area (Å²) >= 11 is 0. The predicted molar refractivity (Wildman–Crippen MR) is 83.2 cm³/mol. The number of rotatable bonds is 7. The summed E-state index contributed by atoms with van der Waals surface area (Å²) in [6.45, 7) is 5.72. The lowest BCUT2D eigenvalue weighted by Gasteiger charge is -2.27. The molecule has 1 aromatic rings. The molecule has 0 spiro atoms. The van der Waals surface area contributed by atoms with E-state index in [1.807, 2.05) is 24.3 Å². The molecule has 0 saturated carbocycles. The minimum atomic E-state index is -0.140. The molecule has 1 unspecified atom stereocenters. The normalized spacial score (nSPS) is 16.0. The number of nitrogens with one attached hydrogen (secondary N) is 1. The van der Waals surface area contributed by atoms with Crippen LogP contribution in [0, 0.1) is 0 Å². The van der Waals surface area contributed by atoms with E-state index in [0.29, 0.717) is 24.6 Å². The maximum absolute atomic E-state index is 12.4. The van der Waals surface area contributed by atoms with E-state index in [1.54, 1.807) is 0 Å². The maximum atomic E-state index is 12.4. The summed E-state index contributed by atoms with van der Waals surface area (Å²) < 4.78 is 0. The number of nitrogens with zero attached hydrogens (tertiary/aromatic N) is 1. The van der Waals surface area contributed by atoms with Crippen LogP contribution in [0.15, 0.2) is 24.3 Å². The van der Waals surface area contributed by atoms with Gasteiger partial charge < -0.3 is 5.32 Å². The summed E-state index contributed by atoms with van der Waals surface area (Å²) in [4.78, 5) is 25.9. The molecule has 0 aromatic heterocycles. The molecular weight excluding hydrogens is 264 g/mol. The first-order valence-corrected chi connectivity index (χ1v) is 7.83. The highest BCUT2D eigenvalue weighted by Gasteiger charge is 2.30. The summed E-state index contributed by atoms with van der Waals surface area (Å²) in [6, 6.07) is 7.86. The zero-order valence-corrected chi connectivity index (χ0v) is 12.9. The van der Waals surface area contributed by atoms with Crippen molar-refractivity contribution in [1.29, 1.82) is 0 Å². The average Bonchev–Trinajstić information content (AvgIpc) is 2.49. The van der Waals surface area contributed by atoms with Gasteiger partial charge in [-0.1, -0.05) is 32.0 Å². The topological polar surface area (TPSA) is 49.4 Å². The number of hydrogen-bond acceptors (Lipinski definition) is 3. The second-order valence-electron chi connectivity index (χ2n) is 5.49. The van der Waals surface area contributed by atoms with Gasteiger partial charge in [0.05, 0.1) is 6.42 Å². The molecule has 0 fully saturated rings. The van der Waals surface area contributed by atoms with E-state index in [9.17, 15) is 9.59 Å². The highest BCUT2D eigenvalue weighted by atomic mass is 16.2. The first kappa shape index (κ1) is 15.7. The van der Waals surface area contributed by atoms with Gasteiger partial charge in [-0.3, -0.25) is 14.5 Å². The zero-order valence-electron chi connectivity index (χ0n) is 12.9. The lowest BCUT2D eigenvalue weighted by Crippen LogP contribution is -2.43. The van der Waals surface area contributed by atoms with Crippen LogP contribution in [0.4, 0.5) is 0 Å². The van der Waals surface area contributed by atoms with Crippen molar-refractivity contribution in [2.24, 2.45) is 0 Å². The van der Waals surface area contributed by atoms with Gasteiger partial charge in [0.15, 0.2) is 0 Å². The van der Waals surface area contributed by atoms with Gasteiger partial charge in [-0.15, -0.1) is 0 Å². The Bertz CT molecular complexity index is 513. The van der Waals surface area contributed by atoms with Crippen molar-refractivity contribution < 1.29 is 9.59 Å². The van der Waals surface area contributed by atoms with E-state index in [4.69, 9.17) is 0 Å². The third kappa shape index (κ3) is 3.70. The van der Waals surface area contributed by atoms with Crippen LogP contribution in [-0.4, -0.2) is 35.8 Å². The lowest BCUT2D eigenvalue weighted by molar-refractivity contribution is -0.128. The fourth-order valence-electron chi connectivity index (χ4n) is 2.86. The summed E-state index contributed by atoms with van der Waals surface area (Å²) in [7, 11) is 0. The van der Waals surface area contributed by atoms with Crippen molar-refractivity contribution in [3.8, 4) is 0 Å². The molecule has 1 atom stereocenters. The van der Waals surface area contributed by atoms with Crippen LogP contribution < -0.4 is 5.32 Å². The molecule has 0 saturated heterocycles. The Morgan fingerprint density at radius 1 is 1.24 bits per heavy atom. The molecule has 1 N–H and O–H groups in total. The third-order valence-corrected chi connectivity index (χ3v) is 4.06. The number of hydrogen-bond donors (Lipinski definition) is 1. The number of carbonyl (C=O) groups excluding carboxylic acids is 2. The molecule has 114 valence electrons. The minimum Gasteiger partial charge on any atom is -0.314 e. The second kappa shape index (κ2) is 7.36. The highest BCUT2D eigenvalue weighted by molar-refractivity contribution is 6.09. The van der Waals surface area contributed by atoms with E-state index in [2.05, 4.69) is 19.2 Å². The predicted octanol–water partition coefficient (Wildman–Crippen LogP) is 2.38. The van der Waals surface area contributed by atoms with E-state index < -0.39 is 0 Å². The molecule has 1 aliphatic rings. The van der Waals surface area contributed by atoms with E-state index in [0.717, 1.165) is 31.4 Å². The van der Waals surface area contributed by atoms with Crippen LogP contribution in [0.25, 0.3) is 0 Å². The van der Waals surface area contributed by atoms with Crippen molar-refractivity contribution in [1.82, 2.24) is 10.2 Å². The van der Waals surface area contributed by atoms with Crippen LogP contribution in [0.3, 0.4) is 0 Å². The van der Waals surface area contributed by atoms with Gasteiger partial charge in [-0.25, -0.2) is 0 Å². The van der Waals surface area contributed by atoms with Gasteiger partial charge >= 0.3 is 0 Å². The van der Waals surface area contributed by atoms with Crippen LogP contribution >= 0.6 is 0 Å². The van der Waals surface area contributed by atoms with Gasteiger partial charge in [-0.2, -0.15) is 0 Å². The molecule has 4 nitrogen and oxygen atoms in total. The Morgan fingerprint density at radius 2 is 2.00 bits per heavy atom. The molecule has 4 heteroatoms. The van der Waals surface area contributed by atoms with Crippen LogP contribution in [0.1, 0.15) is 49.0 Å². The van der Waals surface area contributed by atoms with Crippen molar-refractivity contribution in [3.63, 3.8) is 0 Å². The Hall–Kier alpha value is -1.68. The molecule has 2 rings (SSSR count). The van der Waals surface area contributed by atoms with Crippen molar-refractivity contribution in [2.45, 2.75) is 45.6 Å². The lowest BCUT2D eigenvalue weighted by atomic mass is 9.98. The van der Waals surface area contributed by atoms with Gasteiger partial charge in [0.2, 0.25) is 5.91 Å². The summed E-state index contributed by atoms with van der Waals surface area (Å²) in [5.74, 6) is -0.214. The molecule has 1 heterocycles. The quantitative estimate of drug-likeness (QED) is 0.784. The Balaban J connectivity index is 1.95. The van der Waals surface area contributed by atoms with Crippen molar-refractivity contribution >= 4 is 11.8 Å². The smallest absolute Gasteiger partial charge is 0.260 e. The molecule has 0 radical (unpaired) electrons. The Morgan fingerprint density at radius 3 is 2.71 bits per heavy atom. The Labute approximate surface area is 126 Å². The van der Waals surface area contributed by atoms with E-state index >= 15 is 0 Å². The SMILES string of the molecule is CCNC(CC)CCCN1C(=O)Cc2ccccc2C1=O. The fraction of sp³-hybridized carbons (Fsp3) is 0.529. The third-order valence-electron chi connectivity index (χ3n) is 4.06. The first-order valence-electron chi connectivity index (χ1n) is 7.83.